The van der Waals surface area contributed by atoms with Crippen LogP contribution in [0.4, 0.5) is 4.39 Å². The lowest BCUT2D eigenvalue weighted by molar-refractivity contribution is 0.0968. The third kappa shape index (κ3) is 5.51. The second kappa shape index (κ2) is 10.5. The Morgan fingerprint density at radius 3 is 2.41 bits per heavy atom. The summed E-state index contributed by atoms with van der Waals surface area (Å²) in [5.74, 6) is -2.05. The molecule has 0 spiro atoms. The molecule has 0 saturated carbocycles. The van der Waals surface area contributed by atoms with E-state index < -0.39 is 17.6 Å². The molecule has 0 unspecified atom stereocenters. The minimum absolute atomic E-state index is 0.00477. The van der Waals surface area contributed by atoms with Crippen LogP contribution in [0.5, 0.6) is 0 Å². The van der Waals surface area contributed by atoms with Gasteiger partial charge < -0.3 is 11.1 Å². The molecule has 1 aromatic heterocycles. The monoisotopic (exact) mass is 457 g/mol. The average molecular weight is 458 g/mol. The predicted octanol–water partition coefficient (Wildman–Crippen LogP) is 4.22. The molecule has 3 rings (SSSR count). The molecular weight excluding hydrogens is 433 g/mol. The fraction of sp³-hybridized carbons (Fsp3) is 0.192. The van der Waals surface area contributed by atoms with Gasteiger partial charge in [0, 0.05) is 5.39 Å². The van der Waals surface area contributed by atoms with Crippen LogP contribution in [0.1, 0.15) is 52.7 Å². The molecule has 8 heteroatoms. The second-order valence-electron chi connectivity index (χ2n) is 7.94. The molecule has 7 nitrogen and oxygen atoms in total. The van der Waals surface area contributed by atoms with E-state index >= 15 is 0 Å². The zero-order chi connectivity index (χ0) is 24.8. The van der Waals surface area contributed by atoms with Crippen LogP contribution in [-0.4, -0.2) is 22.5 Å². The first-order valence-corrected chi connectivity index (χ1v) is 10.5. The Morgan fingerprint density at radius 2 is 1.79 bits per heavy atom. The van der Waals surface area contributed by atoms with Gasteiger partial charge in [0.2, 0.25) is 0 Å². The lowest BCUT2D eigenvalue weighted by atomic mass is 10.0. The van der Waals surface area contributed by atoms with Crippen molar-refractivity contribution in [2.45, 2.75) is 33.7 Å². The number of hydrogen-bond acceptors (Lipinski definition) is 5. The molecule has 3 aromatic rings. The van der Waals surface area contributed by atoms with Crippen molar-refractivity contribution in [2.24, 2.45) is 10.7 Å². The van der Waals surface area contributed by atoms with Crippen LogP contribution in [0.25, 0.3) is 10.9 Å². The van der Waals surface area contributed by atoms with Gasteiger partial charge in [0.15, 0.2) is 0 Å². The molecule has 0 saturated heterocycles. The lowest BCUT2D eigenvalue weighted by Crippen LogP contribution is -2.28. The highest BCUT2D eigenvalue weighted by molar-refractivity contribution is 6.12. The van der Waals surface area contributed by atoms with E-state index in [0.29, 0.717) is 24.4 Å². The van der Waals surface area contributed by atoms with Gasteiger partial charge in [-0.05, 0) is 50.1 Å². The van der Waals surface area contributed by atoms with Crippen molar-refractivity contribution in [3.05, 3.63) is 88.0 Å². The van der Waals surface area contributed by atoms with E-state index in [0.717, 1.165) is 16.7 Å². The Morgan fingerprint density at radius 1 is 1.12 bits per heavy atom. The van der Waals surface area contributed by atoms with Gasteiger partial charge in [0.05, 0.1) is 41.5 Å². The van der Waals surface area contributed by atoms with Crippen LogP contribution in [0.15, 0.2) is 64.8 Å². The van der Waals surface area contributed by atoms with E-state index in [1.54, 1.807) is 6.92 Å². The molecule has 0 bridgehead atoms. The number of primary amides is 1. The molecule has 0 aliphatic heterocycles. The number of carbonyl (C=O) groups is 2. The normalized spacial score (nSPS) is 11.1. The number of hydrogen-bond donors (Lipinski definition) is 2. The summed E-state index contributed by atoms with van der Waals surface area (Å²) in [6.07, 6.45) is 0.346. The highest BCUT2D eigenvalue weighted by Gasteiger charge is 2.20. The lowest BCUT2D eigenvalue weighted by Gasteiger charge is -2.14. The Bertz CT molecular complexity index is 1360. The number of aromatic nitrogens is 1. The number of amides is 2. The predicted molar refractivity (Wildman–Crippen MR) is 129 cm³/mol. The fourth-order valence-electron chi connectivity index (χ4n) is 3.45. The van der Waals surface area contributed by atoms with Crippen LogP contribution < -0.4 is 11.1 Å². The van der Waals surface area contributed by atoms with Crippen molar-refractivity contribution < 1.29 is 14.0 Å². The number of allylic oxidation sites excluding steroid dienone is 2. The first kappa shape index (κ1) is 24.3. The smallest absolute Gasteiger partial charge is 0.267 e. The molecule has 172 valence electrons. The molecule has 34 heavy (non-hydrogen) atoms. The maximum absolute atomic E-state index is 14.6. The number of nitrogens with one attached hydrogen (secondary N) is 1. The number of benzene rings is 2. The van der Waals surface area contributed by atoms with Gasteiger partial charge in [-0.3, -0.25) is 14.6 Å². The SMILES string of the molecule is CC(=NCc1ccc(CC#N)cc1)C(NC(=O)c1cc(C(N)=O)nc2cccc(F)c12)=C(C)C. The number of nitrogens with zero attached hydrogens (tertiary/aromatic N) is 3. The number of pyridine rings is 1. The second-order valence-corrected chi connectivity index (χ2v) is 7.94. The summed E-state index contributed by atoms with van der Waals surface area (Å²) >= 11 is 0. The zero-order valence-corrected chi connectivity index (χ0v) is 19.1. The number of nitrogens with two attached hydrogens (primary N) is 1. The Labute approximate surface area is 196 Å². The number of halogens is 1. The quantitative estimate of drug-likeness (QED) is 0.516. The van der Waals surface area contributed by atoms with Crippen molar-refractivity contribution in [2.75, 3.05) is 0 Å². The Hall–Kier alpha value is -4.38. The van der Waals surface area contributed by atoms with Gasteiger partial charge in [-0.15, -0.1) is 0 Å². The summed E-state index contributed by atoms with van der Waals surface area (Å²) in [5.41, 5.74) is 9.10. The van der Waals surface area contributed by atoms with Crippen molar-refractivity contribution in [3.8, 4) is 6.07 Å². The highest BCUT2D eigenvalue weighted by atomic mass is 19.1. The van der Waals surface area contributed by atoms with E-state index in [-0.39, 0.29) is 22.2 Å². The number of carbonyl (C=O) groups excluding carboxylic acids is 2. The molecule has 0 fully saturated rings. The summed E-state index contributed by atoms with van der Waals surface area (Å²) in [6, 6.07) is 15.1. The van der Waals surface area contributed by atoms with Crippen molar-refractivity contribution >= 4 is 28.4 Å². The summed E-state index contributed by atoms with van der Waals surface area (Å²) in [5, 5.41) is 11.6. The topological polar surface area (TPSA) is 121 Å². The fourth-order valence-corrected chi connectivity index (χ4v) is 3.45. The number of nitriles is 1. The van der Waals surface area contributed by atoms with Crippen LogP contribution in [0, 0.1) is 17.1 Å². The minimum atomic E-state index is -0.818. The van der Waals surface area contributed by atoms with Gasteiger partial charge >= 0.3 is 0 Å². The first-order chi connectivity index (χ1) is 16.2. The molecule has 0 atom stereocenters. The van der Waals surface area contributed by atoms with Gasteiger partial charge in [-0.1, -0.05) is 35.9 Å². The summed E-state index contributed by atoms with van der Waals surface area (Å²) in [4.78, 5) is 33.6. The maximum Gasteiger partial charge on any atom is 0.267 e. The van der Waals surface area contributed by atoms with Crippen molar-refractivity contribution in [1.29, 1.82) is 5.26 Å². The van der Waals surface area contributed by atoms with E-state index in [4.69, 9.17) is 11.0 Å². The maximum atomic E-state index is 14.6. The van der Waals surface area contributed by atoms with Gasteiger partial charge in [0.25, 0.3) is 11.8 Å². The average Bonchev–Trinajstić information content (AvgIpc) is 2.81. The summed E-state index contributed by atoms with van der Waals surface area (Å²) in [6.45, 7) is 5.80. The summed E-state index contributed by atoms with van der Waals surface area (Å²) < 4.78 is 14.6. The first-order valence-electron chi connectivity index (χ1n) is 10.5. The van der Waals surface area contributed by atoms with E-state index in [9.17, 15) is 14.0 Å². The largest absolute Gasteiger partial charge is 0.364 e. The molecule has 3 N–H and O–H groups in total. The highest BCUT2D eigenvalue weighted by Crippen LogP contribution is 2.22. The van der Waals surface area contributed by atoms with Crippen molar-refractivity contribution in [1.82, 2.24) is 10.3 Å². The van der Waals surface area contributed by atoms with Crippen LogP contribution in [-0.2, 0) is 13.0 Å². The molecule has 0 aliphatic carbocycles. The molecule has 0 aliphatic rings. The van der Waals surface area contributed by atoms with Gasteiger partial charge in [0.1, 0.15) is 11.5 Å². The molecule has 0 radical (unpaired) electrons. The van der Waals surface area contributed by atoms with E-state index in [1.807, 2.05) is 38.1 Å². The van der Waals surface area contributed by atoms with E-state index in [1.165, 1.54) is 24.3 Å². The van der Waals surface area contributed by atoms with Crippen molar-refractivity contribution in [3.63, 3.8) is 0 Å². The zero-order valence-electron chi connectivity index (χ0n) is 19.1. The summed E-state index contributed by atoms with van der Waals surface area (Å²) in [7, 11) is 0. The van der Waals surface area contributed by atoms with E-state index in [2.05, 4.69) is 21.4 Å². The molecule has 1 heterocycles. The molecular formula is C26H24FN5O2. The van der Waals surface area contributed by atoms with Crippen LogP contribution in [0.3, 0.4) is 0 Å². The number of rotatable bonds is 7. The Kier molecular flexibility index (Phi) is 7.49. The van der Waals surface area contributed by atoms with Crippen LogP contribution in [0.2, 0.25) is 0 Å². The van der Waals surface area contributed by atoms with Crippen LogP contribution >= 0.6 is 0 Å². The van der Waals surface area contributed by atoms with Gasteiger partial charge in [-0.2, -0.15) is 5.26 Å². The third-order valence-corrected chi connectivity index (χ3v) is 5.19. The number of fused-ring (bicyclic) bond motifs is 1. The minimum Gasteiger partial charge on any atom is -0.364 e. The molecule has 2 amide bonds. The number of aliphatic imine (C=N–C) groups is 1. The molecule has 2 aromatic carbocycles. The third-order valence-electron chi connectivity index (χ3n) is 5.19. The Balaban J connectivity index is 1.90. The standard InChI is InChI=1S/C26H24FN5O2/c1-15(2)24(16(3)30-14-18-9-7-17(8-10-18)11-12-28)32-26(34)19-13-22(25(29)33)31-21-6-4-5-20(27)23(19)21/h4-10,13H,11,14H2,1-3H3,(H2,29,33)(H,32,34). The van der Waals surface area contributed by atoms with Gasteiger partial charge in [-0.25, -0.2) is 9.37 Å².